The summed E-state index contributed by atoms with van der Waals surface area (Å²) in [5.41, 5.74) is 1.93. The Labute approximate surface area is 131 Å². The maximum Gasteiger partial charge on any atom is 0.227 e. The topological polar surface area (TPSA) is 59.9 Å². The first kappa shape index (κ1) is 15.0. The lowest BCUT2D eigenvalue weighted by Gasteiger charge is -2.26. The molecule has 0 aliphatic heterocycles. The van der Waals surface area contributed by atoms with Crippen molar-refractivity contribution in [3.63, 3.8) is 0 Å². The fourth-order valence-electron chi connectivity index (χ4n) is 2.54. The van der Waals surface area contributed by atoms with Crippen molar-refractivity contribution in [1.82, 2.24) is 15.0 Å². The minimum absolute atomic E-state index is 0.283. The molecule has 0 saturated heterocycles. The molecule has 1 fully saturated rings. The molecule has 1 N–H and O–H groups in total. The van der Waals surface area contributed by atoms with Crippen molar-refractivity contribution in [3.05, 3.63) is 17.6 Å². The van der Waals surface area contributed by atoms with Crippen molar-refractivity contribution in [1.29, 1.82) is 0 Å². The molecule has 22 heavy (non-hydrogen) atoms. The maximum atomic E-state index is 6.12. The van der Waals surface area contributed by atoms with Gasteiger partial charge < -0.3 is 10.1 Å². The number of nitrogens with one attached hydrogen (secondary N) is 1. The van der Waals surface area contributed by atoms with E-state index in [2.05, 4.69) is 42.1 Å². The van der Waals surface area contributed by atoms with E-state index in [4.69, 9.17) is 9.72 Å². The molecule has 0 radical (unpaired) electrons. The zero-order chi connectivity index (χ0) is 15.7. The zero-order valence-corrected chi connectivity index (χ0v) is 13.8. The normalized spacial score (nSPS) is 15.1. The number of hydrogen-bond donors (Lipinski definition) is 1. The lowest BCUT2D eigenvalue weighted by molar-refractivity contribution is 0.116. The molecular formula is C17H24N4O. The maximum absolute atomic E-state index is 6.12. The highest BCUT2D eigenvalue weighted by atomic mass is 16.5. The Morgan fingerprint density at radius 1 is 1.27 bits per heavy atom. The van der Waals surface area contributed by atoms with Gasteiger partial charge in [0, 0.05) is 18.7 Å². The molecule has 3 rings (SSSR count). The third-order valence-electron chi connectivity index (χ3n) is 4.16. The van der Waals surface area contributed by atoms with Crippen LogP contribution in [0.5, 0.6) is 5.88 Å². The highest BCUT2D eigenvalue weighted by Gasteiger charge is 2.23. The van der Waals surface area contributed by atoms with Crippen LogP contribution in [-0.4, -0.2) is 28.1 Å². The van der Waals surface area contributed by atoms with Crippen LogP contribution in [0, 0.1) is 0 Å². The van der Waals surface area contributed by atoms with Gasteiger partial charge in [0.15, 0.2) is 0 Å². The fourth-order valence-corrected chi connectivity index (χ4v) is 2.54. The number of rotatable bonds is 5. The molecule has 118 valence electrons. The number of fused-ring (bicyclic) bond motifs is 1. The number of aryl methyl sites for hydroxylation is 1. The van der Waals surface area contributed by atoms with E-state index in [0.29, 0.717) is 5.88 Å². The van der Waals surface area contributed by atoms with Crippen LogP contribution in [0.4, 0.5) is 5.82 Å². The van der Waals surface area contributed by atoms with Crippen molar-refractivity contribution in [2.45, 2.75) is 58.5 Å². The van der Waals surface area contributed by atoms with Gasteiger partial charge in [-0.2, -0.15) is 0 Å². The Hall–Kier alpha value is -1.91. The van der Waals surface area contributed by atoms with E-state index in [-0.39, 0.29) is 12.0 Å². The van der Waals surface area contributed by atoms with Crippen LogP contribution in [0.2, 0.25) is 0 Å². The van der Waals surface area contributed by atoms with Crippen molar-refractivity contribution in [2.24, 2.45) is 0 Å². The van der Waals surface area contributed by atoms with E-state index >= 15 is 0 Å². The summed E-state index contributed by atoms with van der Waals surface area (Å²) < 4.78 is 6.12. The summed E-state index contributed by atoms with van der Waals surface area (Å²) in [6.07, 6.45) is 4.62. The number of ether oxygens (including phenoxy) is 1. The lowest BCUT2D eigenvalue weighted by Crippen LogP contribution is -2.25. The van der Waals surface area contributed by atoms with E-state index < -0.39 is 0 Å². The first-order chi connectivity index (χ1) is 10.6. The molecule has 0 atom stereocenters. The monoisotopic (exact) mass is 300 g/mol. The van der Waals surface area contributed by atoms with Gasteiger partial charge in [0.25, 0.3) is 0 Å². The third-order valence-corrected chi connectivity index (χ3v) is 4.16. The van der Waals surface area contributed by atoms with Gasteiger partial charge in [-0.3, -0.25) is 0 Å². The third kappa shape index (κ3) is 2.72. The first-order valence-electron chi connectivity index (χ1n) is 8.18. The minimum atomic E-state index is 0.283. The molecule has 2 aromatic rings. The summed E-state index contributed by atoms with van der Waals surface area (Å²) in [6, 6.07) is 2.05. The van der Waals surface area contributed by atoms with Crippen LogP contribution in [0.3, 0.4) is 0 Å². The molecule has 0 unspecified atom stereocenters. The molecule has 1 saturated carbocycles. The summed E-state index contributed by atoms with van der Waals surface area (Å²) in [7, 11) is 1.88. The highest BCUT2D eigenvalue weighted by molar-refractivity contribution is 5.93. The predicted molar refractivity (Wildman–Crippen MR) is 88.6 cm³/mol. The molecule has 2 heterocycles. The fraction of sp³-hybridized carbons (Fsp3) is 0.588. The molecule has 0 spiro atoms. The predicted octanol–water partition coefficient (Wildman–Crippen LogP) is 3.68. The van der Waals surface area contributed by atoms with Crippen molar-refractivity contribution in [2.75, 3.05) is 12.4 Å². The molecule has 5 heteroatoms. The van der Waals surface area contributed by atoms with Gasteiger partial charge in [-0.25, -0.2) is 15.0 Å². The van der Waals surface area contributed by atoms with E-state index in [1.807, 2.05) is 7.05 Å². The first-order valence-corrected chi connectivity index (χ1v) is 8.18. The smallest absolute Gasteiger partial charge is 0.227 e. The summed E-state index contributed by atoms with van der Waals surface area (Å²) in [5.74, 6) is 2.61. The standard InChI is InChI=1S/C17H24N4O/c1-5-11-9-13-14(17(19-11)22-12-7-6-8-12)16(18-4)21-15(20-13)10(2)3/h9-10,12H,5-8H2,1-4H3,(H,18,20,21). The van der Waals surface area contributed by atoms with Gasteiger partial charge in [0.05, 0.1) is 5.52 Å². The molecule has 2 aromatic heterocycles. The average molecular weight is 300 g/mol. The van der Waals surface area contributed by atoms with E-state index in [0.717, 1.165) is 47.5 Å². The summed E-state index contributed by atoms with van der Waals surface area (Å²) in [6.45, 7) is 6.31. The number of aromatic nitrogens is 3. The van der Waals surface area contributed by atoms with E-state index in [1.54, 1.807) is 0 Å². The lowest BCUT2D eigenvalue weighted by atomic mass is 9.96. The Kier molecular flexibility index (Phi) is 4.14. The van der Waals surface area contributed by atoms with Crippen molar-refractivity contribution < 1.29 is 4.74 Å². The van der Waals surface area contributed by atoms with Gasteiger partial charge in [-0.15, -0.1) is 0 Å². The van der Waals surface area contributed by atoms with Gasteiger partial charge >= 0.3 is 0 Å². The highest BCUT2D eigenvalue weighted by Crippen LogP contribution is 2.34. The summed E-state index contributed by atoms with van der Waals surface area (Å²) in [4.78, 5) is 14.1. The molecule has 1 aliphatic rings. The minimum Gasteiger partial charge on any atom is -0.474 e. The Morgan fingerprint density at radius 2 is 2.05 bits per heavy atom. The van der Waals surface area contributed by atoms with Gasteiger partial charge in [-0.05, 0) is 31.7 Å². The van der Waals surface area contributed by atoms with Crippen molar-refractivity contribution >= 4 is 16.7 Å². The van der Waals surface area contributed by atoms with Crippen LogP contribution in [0.25, 0.3) is 10.9 Å². The van der Waals surface area contributed by atoms with Gasteiger partial charge in [0.2, 0.25) is 5.88 Å². The molecule has 0 amide bonds. The summed E-state index contributed by atoms with van der Waals surface area (Å²) >= 11 is 0. The second-order valence-corrected chi connectivity index (χ2v) is 6.17. The largest absolute Gasteiger partial charge is 0.474 e. The SMILES string of the molecule is CCc1cc2nc(C(C)C)nc(NC)c2c(OC2CCC2)n1. The molecule has 0 aromatic carbocycles. The van der Waals surface area contributed by atoms with Gasteiger partial charge in [0.1, 0.15) is 23.1 Å². The Bertz CT molecular complexity index is 680. The van der Waals surface area contributed by atoms with Crippen LogP contribution >= 0.6 is 0 Å². The summed E-state index contributed by atoms with van der Waals surface area (Å²) in [5, 5.41) is 4.08. The average Bonchev–Trinajstić information content (AvgIpc) is 2.48. The van der Waals surface area contributed by atoms with Crippen LogP contribution < -0.4 is 10.1 Å². The molecule has 1 aliphatic carbocycles. The Morgan fingerprint density at radius 3 is 2.59 bits per heavy atom. The van der Waals surface area contributed by atoms with E-state index in [9.17, 15) is 0 Å². The van der Waals surface area contributed by atoms with Crippen LogP contribution in [0.1, 0.15) is 57.5 Å². The molecule has 0 bridgehead atoms. The number of anilines is 1. The van der Waals surface area contributed by atoms with Crippen molar-refractivity contribution in [3.8, 4) is 5.88 Å². The molecular weight excluding hydrogens is 276 g/mol. The van der Waals surface area contributed by atoms with E-state index in [1.165, 1.54) is 6.42 Å². The van der Waals surface area contributed by atoms with Crippen LogP contribution in [-0.2, 0) is 6.42 Å². The van der Waals surface area contributed by atoms with Gasteiger partial charge in [-0.1, -0.05) is 20.8 Å². The second-order valence-electron chi connectivity index (χ2n) is 6.17. The van der Waals surface area contributed by atoms with Crippen LogP contribution in [0.15, 0.2) is 6.07 Å². The zero-order valence-electron chi connectivity index (χ0n) is 13.8. The quantitative estimate of drug-likeness (QED) is 0.912. The number of hydrogen-bond acceptors (Lipinski definition) is 5. The molecule has 5 nitrogen and oxygen atoms in total. The second kappa shape index (κ2) is 6.07. The number of pyridine rings is 1. The Balaban J connectivity index is 2.18. The number of nitrogens with zero attached hydrogens (tertiary/aromatic N) is 3.